The number of benzene rings is 1. The summed E-state index contributed by atoms with van der Waals surface area (Å²) in [5, 5.41) is 0. The molecule has 1 aliphatic heterocycles. The highest BCUT2D eigenvalue weighted by Gasteiger charge is 2.18. The van der Waals surface area contributed by atoms with Gasteiger partial charge in [-0.3, -0.25) is 0 Å². The van der Waals surface area contributed by atoms with Crippen LogP contribution in [0.1, 0.15) is 25.0 Å². The molecule has 0 saturated heterocycles. The van der Waals surface area contributed by atoms with Crippen LogP contribution < -0.4 is 15.2 Å². The molecule has 0 radical (unpaired) electrons. The largest absolute Gasteiger partial charge is 0.454 e. The minimum Gasteiger partial charge on any atom is -0.454 e. The van der Waals surface area contributed by atoms with Gasteiger partial charge in [-0.2, -0.15) is 0 Å². The van der Waals surface area contributed by atoms with Crippen molar-refractivity contribution in [2.75, 3.05) is 13.3 Å². The molecule has 1 heterocycles. The van der Waals surface area contributed by atoms with Gasteiger partial charge in [-0.15, -0.1) is 0 Å². The predicted octanol–water partition coefficient (Wildman–Crippen LogP) is 2.50. The van der Waals surface area contributed by atoms with Gasteiger partial charge in [0.15, 0.2) is 11.5 Å². The molecule has 3 nitrogen and oxygen atoms in total. The molecule has 1 unspecified atom stereocenters. The summed E-state index contributed by atoms with van der Waals surface area (Å²) in [6.45, 7) is 7.62. The first-order valence-electron chi connectivity index (χ1n) is 6.21. The maximum absolute atomic E-state index is 5.83. The third-order valence-corrected chi connectivity index (χ3v) is 3.56. The van der Waals surface area contributed by atoms with Crippen LogP contribution in [0.4, 0.5) is 0 Å². The Balaban J connectivity index is 2.21. The number of nitrogens with two attached hydrogens (primary N) is 1. The maximum Gasteiger partial charge on any atom is 0.231 e. The SMILES string of the molecule is Cc1cc2c(cc1CC(CN)C(C)C)OCO2. The Bertz CT molecular complexity index is 401. The molecule has 2 rings (SSSR count). The fourth-order valence-electron chi connectivity index (χ4n) is 2.18. The number of rotatable bonds is 4. The lowest BCUT2D eigenvalue weighted by Gasteiger charge is -2.20. The molecule has 3 heteroatoms. The highest BCUT2D eigenvalue weighted by atomic mass is 16.7. The van der Waals surface area contributed by atoms with Gasteiger partial charge in [0.25, 0.3) is 0 Å². The van der Waals surface area contributed by atoms with E-state index >= 15 is 0 Å². The molecule has 0 amide bonds. The van der Waals surface area contributed by atoms with Gasteiger partial charge in [0.05, 0.1) is 0 Å². The van der Waals surface area contributed by atoms with Crippen molar-refractivity contribution in [3.8, 4) is 11.5 Å². The van der Waals surface area contributed by atoms with Crippen molar-refractivity contribution in [2.45, 2.75) is 27.2 Å². The summed E-state index contributed by atoms with van der Waals surface area (Å²) in [7, 11) is 0. The van der Waals surface area contributed by atoms with E-state index in [-0.39, 0.29) is 0 Å². The third kappa shape index (κ3) is 2.55. The van der Waals surface area contributed by atoms with Gasteiger partial charge in [-0.1, -0.05) is 13.8 Å². The normalized spacial score (nSPS) is 15.4. The molecular formula is C14H21NO2. The predicted molar refractivity (Wildman–Crippen MR) is 68.4 cm³/mol. The topological polar surface area (TPSA) is 44.5 Å². The molecule has 0 fully saturated rings. The quantitative estimate of drug-likeness (QED) is 0.872. The standard InChI is InChI=1S/C14H21NO2/c1-9(2)12(7-15)5-11-6-14-13(4-10(11)3)16-8-17-14/h4,6,9,12H,5,7-8,15H2,1-3H3. The summed E-state index contributed by atoms with van der Waals surface area (Å²) in [6, 6.07) is 4.16. The first-order chi connectivity index (χ1) is 8.11. The first-order valence-corrected chi connectivity index (χ1v) is 6.21. The third-order valence-electron chi connectivity index (χ3n) is 3.56. The van der Waals surface area contributed by atoms with Gasteiger partial charge in [-0.25, -0.2) is 0 Å². The van der Waals surface area contributed by atoms with Crippen molar-refractivity contribution in [1.29, 1.82) is 0 Å². The molecule has 1 aromatic rings. The fourth-order valence-corrected chi connectivity index (χ4v) is 2.18. The Hall–Kier alpha value is -1.22. The van der Waals surface area contributed by atoms with Gasteiger partial charge >= 0.3 is 0 Å². The molecule has 1 atom stereocenters. The highest BCUT2D eigenvalue weighted by molar-refractivity contribution is 5.48. The molecule has 0 aliphatic carbocycles. The van der Waals surface area contributed by atoms with Crippen molar-refractivity contribution in [2.24, 2.45) is 17.6 Å². The van der Waals surface area contributed by atoms with Crippen molar-refractivity contribution in [1.82, 2.24) is 0 Å². The lowest BCUT2D eigenvalue weighted by molar-refractivity contribution is 0.174. The Morgan fingerprint density at radius 2 is 1.88 bits per heavy atom. The van der Waals surface area contributed by atoms with Crippen molar-refractivity contribution in [3.05, 3.63) is 23.3 Å². The molecule has 17 heavy (non-hydrogen) atoms. The van der Waals surface area contributed by atoms with E-state index in [1.807, 2.05) is 0 Å². The Morgan fingerprint density at radius 1 is 1.24 bits per heavy atom. The molecule has 2 N–H and O–H groups in total. The molecule has 0 bridgehead atoms. The molecule has 1 aliphatic rings. The van der Waals surface area contributed by atoms with E-state index in [2.05, 4.69) is 32.9 Å². The van der Waals surface area contributed by atoms with E-state index in [0.717, 1.165) is 24.5 Å². The lowest BCUT2D eigenvalue weighted by Crippen LogP contribution is -2.22. The van der Waals surface area contributed by atoms with E-state index < -0.39 is 0 Å². The molecule has 0 aromatic heterocycles. The monoisotopic (exact) mass is 235 g/mol. The number of hydrogen-bond donors (Lipinski definition) is 1. The summed E-state index contributed by atoms with van der Waals surface area (Å²) >= 11 is 0. The number of fused-ring (bicyclic) bond motifs is 1. The maximum atomic E-state index is 5.83. The van der Waals surface area contributed by atoms with Crippen LogP contribution in [-0.4, -0.2) is 13.3 Å². The van der Waals surface area contributed by atoms with E-state index in [4.69, 9.17) is 15.2 Å². The van der Waals surface area contributed by atoms with Crippen LogP contribution in [0.2, 0.25) is 0 Å². The Kier molecular flexibility index (Phi) is 3.57. The number of aryl methyl sites for hydroxylation is 1. The number of ether oxygens (including phenoxy) is 2. The Morgan fingerprint density at radius 3 is 2.47 bits per heavy atom. The second kappa shape index (κ2) is 4.96. The minimum absolute atomic E-state index is 0.336. The zero-order chi connectivity index (χ0) is 12.4. The minimum atomic E-state index is 0.336. The molecule has 1 aromatic carbocycles. The molecular weight excluding hydrogens is 214 g/mol. The van der Waals surface area contributed by atoms with Crippen LogP contribution >= 0.6 is 0 Å². The zero-order valence-corrected chi connectivity index (χ0v) is 10.8. The van der Waals surface area contributed by atoms with Crippen LogP contribution in [-0.2, 0) is 6.42 Å². The highest BCUT2D eigenvalue weighted by Crippen LogP contribution is 2.35. The summed E-state index contributed by atoms with van der Waals surface area (Å²) in [6.07, 6.45) is 1.01. The van der Waals surface area contributed by atoms with Gasteiger partial charge in [0.2, 0.25) is 6.79 Å². The van der Waals surface area contributed by atoms with E-state index in [1.54, 1.807) is 0 Å². The smallest absolute Gasteiger partial charge is 0.231 e. The van der Waals surface area contributed by atoms with Gasteiger partial charge in [-0.05, 0) is 55.0 Å². The van der Waals surface area contributed by atoms with Gasteiger partial charge < -0.3 is 15.2 Å². The van der Waals surface area contributed by atoms with Crippen LogP contribution in [0.25, 0.3) is 0 Å². The van der Waals surface area contributed by atoms with Crippen LogP contribution in [0, 0.1) is 18.8 Å². The van der Waals surface area contributed by atoms with E-state index in [9.17, 15) is 0 Å². The Labute approximate surface area is 103 Å². The number of hydrogen-bond acceptors (Lipinski definition) is 3. The average Bonchev–Trinajstić information content (AvgIpc) is 2.72. The molecule has 0 saturated carbocycles. The first kappa shape index (κ1) is 12.2. The van der Waals surface area contributed by atoms with Gasteiger partial charge in [0, 0.05) is 0 Å². The van der Waals surface area contributed by atoms with Gasteiger partial charge in [0.1, 0.15) is 0 Å². The summed E-state index contributed by atoms with van der Waals surface area (Å²) < 4.78 is 10.8. The lowest BCUT2D eigenvalue weighted by atomic mass is 9.88. The zero-order valence-electron chi connectivity index (χ0n) is 10.8. The van der Waals surface area contributed by atoms with Crippen LogP contribution in [0.15, 0.2) is 12.1 Å². The second-order valence-electron chi connectivity index (χ2n) is 5.08. The average molecular weight is 235 g/mol. The summed E-state index contributed by atoms with van der Waals surface area (Å²) in [5.74, 6) is 2.85. The van der Waals surface area contributed by atoms with E-state index in [0.29, 0.717) is 18.6 Å². The molecule has 0 spiro atoms. The summed E-state index contributed by atoms with van der Waals surface area (Å²) in [5.41, 5.74) is 8.40. The molecule has 94 valence electrons. The second-order valence-corrected chi connectivity index (χ2v) is 5.08. The van der Waals surface area contributed by atoms with Crippen LogP contribution in [0.3, 0.4) is 0 Å². The van der Waals surface area contributed by atoms with Crippen LogP contribution in [0.5, 0.6) is 11.5 Å². The van der Waals surface area contributed by atoms with Crippen molar-refractivity contribution < 1.29 is 9.47 Å². The van der Waals surface area contributed by atoms with E-state index in [1.165, 1.54) is 11.1 Å². The van der Waals surface area contributed by atoms with Crippen molar-refractivity contribution in [3.63, 3.8) is 0 Å². The fraction of sp³-hybridized carbons (Fsp3) is 0.571. The van der Waals surface area contributed by atoms with Crippen molar-refractivity contribution >= 4 is 0 Å². The summed E-state index contributed by atoms with van der Waals surface area (Å²) in [4.78, 5) is 0.